The van der Waals surface area contributed by atoms with Crippen molar-refractivity contribution in [3.8, 4) is 5.75 Å². The molecule has 0 saturated carbocycles. The summed E-state index contributed by atoms with van der Waals surface area (Å²) in [6.07, 6.45) is 0.0516. The molecule has 0 bridgehead atoms. The van der Waals surface area contributed by atoms with Crippen molar-refractivity contribution >= 4 is 34.5 Å². The molecule has 0 radical (unpaired) electrons. The zero-order valence-electron chi connectivity index (χ0n) is 14.2. The van der Waals surface area contributed by atoms with Crippen LogP contribution in [0.2, 0.25) is 0 Å². The molecular formula is C19H18N4O3. The second-order valence-corrected chi connectivity index (χ2v) is 5.98. The Balaban J connectivity index is 1.70. The van der Waals surface area contributed by atoms with Crippen molar-refractivity contribution in [1.82, 2.24) is 9.55 Å². The van der Waals surface area contributed by atoms with Crippen LogP contribution in [0.3, 0.4) is 0 Å². The summed E-state index contributed by atoms with van der Waals surface area (Å²) in [6, 6.07) is 14.1. The number of fused-ring (bicyclic) bond motifs is 3. The molecule has 4 rings (SSSR count). The third-order valence-electron chi connectivity index (χ3n) is 4.28. The number of ether oxygens (including phenoxy) is 1. The van der Waals surface area contributed by atoms with E-state index in [-0.39, 0.29) is 18.2 Å². The maximum absolute atomic E-state index is 13.0. The van der Waals surface area contributed by atoms with Gasteiger partial charge in [-0.2, -0.15) is 0 Å². The number of para-hydroxylation sites is 4. The maximum atomic E-state index is 13.0. The minimum atomic E-state index is -0.680. The second kappa shape index (κ2) is 6.51. The highest BCUT2D eigenvalue weighted by molar-refractivity contribution is 6.03. The number of carbonyl (C=O) groups excluding carboxylic acids is 2. The van der Waals surface area contributed by atoms with Gasteiger partial charge < -0.3 is 10.1 Å². The third kappa shape index (κ3) is 2.77. The van der Waals surface area contributed by atoms with Crippen molar-refractivity contribution in [3.05, 3.63) is 48.5 Å². The highest BCUT2D eigenvalue weighted by Crippen LogP contribution is 2.32. The van der Waals surface area contributed by atoms with Gasteiger partial charge in [0.25, 0.3) is 0 Å². The lowest BCUT2D eigenvalue weighted by Gasteiger charge is -2.25. The molecule has 2 heterocycles. The topological polar surface area (TPSA) is 85.2 Å². The van der Waals surface area contributed by atoms with Crippen LogP contribution < -0.4 is 15.4 Å². The summed E-state index contributed by atoms with van der Waals surface area (Å²) in [6.45, 7) is 2.38. The van der Waals surface area contributed by atoms with Crippen molar-refractivity contribution in [2.75, 3.05) is 17.2 Å². The number of nitrogens with one attached hydrogen (secondary N) is 2. The Kier molecular flexibility index (Phi) is 4.04. The fourth-order valence-corrected chi connectivity index (χ4v) is 3.17. The average molecular weight is 350 g/mol. The lowest BCUT2D eigenvalue weighted by Crippen LogP contribution is -2.35. The van der Waals surface area contributed by atoms with Crippen LogP contribution in [-0.2, 0) is 9.59 Å². The molecule has 132 valence electrons. The predicted molar refractivity (Wildman–Crippen MR) is 98.3 cm³/mol. The molecule has 3 aromatic rings. The minimum Gasteiger partial charge on any atom is -0.492 e. The van der Waals surface area contributed by atoms with E-state index in [1.54, 1.807) is 16.7 Å². The monoisotopic (exact) mass is 350 g/mol. The zero-order valence-corrected chi connectivity index (χ0v) is 14.2. The number of aromatic nitrogens is 2. The van der Waals surface area contributed by atoms with E-state index in [9.17, 15) is 9.59 Å². The van der Waals surface area contributed by atoms with Gasteiger partial charge in [-0.15, -0.1) is 0 Å². The molecule has 1 aliphatic heterocycles. The van der Waals surface area contributed by atoms with Crippen LogP contribution in [0.25, 0.3) is 11.0 Å². The first-order chi connectivity index (χ1) is 12.7. The van der Waals surface area contributed by atoms with Gasteiger partial charge in [-0.1, -0.05) is 24.3 Å². The normalized spacial score (nSPS) is 16.0. The standard InChI is InChI=1S/C19H18N4O3/c1-2-26-16-10-6-4-8-13(16)20-18(25)15-11-17(24)22-19-21-12-7-3-5-9-14(12)23(15)19/h3-10,15H,2,11H2,1H3,(H,20,25)(H,21,22,24)/t15-/m0/s1. The lowest BCUT2D eigenvalue weighted by atomic mass is 10.1. The summed E-state index contributed by atoms with van der Waals surface area (Å²) in [7, 11) is 0. The van der Waals surface area contributed by atoms with E-state index in [0.29, 0.717) is 24.0 Å². The maximum Gasteiger partial charge on any atom is 0.248 e. The van der Waals surface area contributed by atoms with E-state index in [2.05, 4.69) is 15.6 Å². The van der Waals surface area contributed by atoms with Crippen LogP contribution in [0.1, 0.15) is 19.4 Å². The van der Waals surface area contributed by atoms with E-state index in [1.165, 1.54) is 0 Å². The van der Waals surface area contributed by atoms with E-state index in [0.717, 1.165) is 11.0 Å². The van der Waals surface area contributed by atoms with Crippen LogP contribution in [0.5, 0.6) is 5.75 Å². The van der Waals surface area contributed by atoms with E-state index in [4.69, 9.17) is 4.74 Å². The van der Waals surface area contributed by atoms with Crippen LogP contribution in [-0.4, -0.2) is 28.0 Å². The van der Waals surface area contributed by atoms with Crippen molar-refractivity contribution in [2.24, 2.45) is 0 Å². The van der Waals surface area contributed by atoms with Gasteiger partial charge in [0.05, 0.1) is 29.7 Å². The summed E-state index contributed by atoms with van der Waals surface area (Å²) >= 11 is 0. The van der Waals surface area contributed by atoms with Gasteiger partial charge in [-0.3, -0.25) is 19.5 Å². The zero-order chi connectivity index (χ0) is 18.1. The van der Waals surface area contributed by atoms with Crippen molar-refractivity contribution in [3.63, 3.8) is 0 Å². The number of benzene rings is 2. The van der Waals surface area contributed by atoms with Crippen LogP contribution >= 0.6 is 0 Å². The summed E-state index contributed by atoms with van der Waals surface area (Å²) in [5, 5.41) is 5.63. The Hall–Kier alpha value is -3.35. The van der Waals surface area contributed by atoms with Gasteiger partial charge in [0.1, 0.15) is 11.8 Å². The van der Waals surface area contributed by atoms with Gasteiger partial charge >= 0.3 is 0 Å². The molecule has 2 N–H and O–H groups in total. The molecule has 1 aromatic heterocycles. The van der Waals surface area contributed by atoms with Crippen LogP contribution in [0, 0.1) is 0 Å². The molecule has 1 aliphatic rings. The Morgan fingerprint density at radius 1 is 1.27 bits per heavy atom. The summed E-state index contributed by atoms with van der Waals surface area (Å²) in [5.74, 6) is 0.475. The van der Waals surface area contributed by atoms with E-state index >= 15 is 0 Å². The van der Waals surface area contributed by atoms with Gasteiger partial charge in [-0.25, -0.2) is 4.98 Å². The predicted octanol–water partition coefficient (Wildman–Crippen LogP) is 2.96. The SMILES string of the molecule is CCOc1ccccc1NC(=O)[C@@H]1CC(=O)Nc2nc3ccccc3n21. The van der Waals surface area contributed by atoms with Crippen molar-refractivity contribution in [1.29, 1.82) is 0 Å². The number of hydrogen-bond donors (Lipinski definition) is 2. The molecule has 0 unspecified atom stereocenters. The molecule has 0 saturated heterocycles. The number of nitrogens with zero attached hydrogens (tertiary/aromatic N) is 2. The molecule has 26 heavy (non-hydrogen) atoms. The fourth-order valence-electron chi connectivity index (χ4n) is 3.17. The highest BCUT2D eigenvalue weighted by atomic mass is 16.5. The Morgan fingerprint density at radius 2 is 2.04 bits per heavy atom. The average Bonchev–Trinajstić information content (AvgIpc) is 3.00. The molecule has 1 atom stereocenters. The number of rotatable bonds is 4. The molecule has 2 aromatic carbocycles. The Labute approximate surface area is 150 Å². The molecule has 0 aliphatic carbocycles. The van der Waals surface area contributed by atoms with E-state index < -0.39 is 6.04 Å². The molecule has 0 spiro atoms. The highest BCUT2D eigenvalue weighted by Gasteiger charge is 2.33. The summed E-state index contributed by atoms with van der Waals surface area (Å²) in [4.78, 5) is 29.5. The van der Waals surface area contributed by atoms with Crippen LogP contribution in [0.15, 0.2) is 48.5 Å². The van der Waals surface area contributed by atoms with Crippen molar-refractivity contribution < 1.29 is 14.3 Å². The summed E-state index contributed by atoms with van der Waals surface area (Å²) in [5.41, 5.74) is 2.12. The molecular weight excluding hydrogens is 332 g/mol. The number of carbonyl (C=O) groups is 2. The minimum absolute atomic E-state index is 0.0516. The van der Waals surface area contributed by atoms with Crippen molar-refractivity contribution in [2.45, 2.75) is 19.4 Å². The van der Waals surface area contributed by atoms with Gasteiger partial charge in [0.2, 0.25) is 17.8 Å². The molecule has 2 amide bonds. The number of hydrogen-bond acceptors (Lipinski definition) is 4. The number of amides is 2. The van der Waals surface area contributed by atoms with E-state index in [1.807, 2.05) is 43.3 Å². The van der Waals surface area contributed by atoms with Gasteiger partial charge in [-0.05, 0) is 31.2 Å². The Bertz CT molecular complexity index is 995. The smallest absolute Gasteiger partial charge is 0.248 e. The molecule has 0 fully saturated rings. The quantitative estimate of drug-likeness (QED) is 0.757. The first-order valence-corrected chi connectivity index (χ1v) is 8.47. The lowest BCUT2D eigenvalue weighted by molar-refractivity contribution is -0.124. The van der Waals surface area contributed by atoms with Gasteiger partial charge in [0, 0.05) is 0 Å². The van der Waals surface area contributed by atoms with Gasteiger partial charge in [0.15, 0.2) is 0 Å². The third-order valence-corrected chi connectivity index (χ3v) is 4.28. The molecule has 7 nitrogen and oxygen atoms in total. The first-order valence-electron chi connectivity index (χ1n) is 8.47. The second-order valence-electron chi connectivity index (χ2n) is 5.98. The van der Waals surface area contributed by atoms with Crippen LogP contribution in [0.4, 0.5) is 11.6 Å². The fraction of sp³-hybridized carbons (Fsp3) is 0.211. The number of anilines is 2. The summed E-state index contributed by atoms with van der Waals surface area (Å²) < 4.78 is 7.33. The number of imidazole rings is 1. The first kappa shape index (κ1) is 16.1. The Morgan fingerprint density at radius 3 is 2.88 bits per heavy atom. The molecule has 7 heteroatoms. The largest absolute Gasteiger partial charge is 0.492 e.